The molecule has 0 fully saturated rings. The van der Waals surface area contributed by atoms with Gasteiger partial charge in [-0.05, 0) is 17.7 Å². The molecule has 1 aromatic carbocycles. The van der Waals surface area contributed by atoms with E-state index in [-0.39, 0.29) is 16.5 Å². The van der Waals surface area contributed by atoms with E-state index in [0.29, 0.717) is 10.1 Å². The molecule has 0 aliphatic heterocycles. The van der Waals surface area contributed by atoms with Crippen LogP contribution in [-0.2, 0) is 28.5 Å². The fraction of sp³-hybridized carbons (Fsp3) is 0.250. The van der Waals surface area contributed by atoms with Crippen molar-refractivity contribution in [2.75, 3.05) is 0 Å². The maximum absolute atomic E-state index is 12.8. The molecule has 0 unspecified atom stereocenters. The summed E-state index contributed by atoms with van der Waals surface area (Å²) in [7, 11) is -3.78. The monoisotopic (exact) mass is 395 g/mol. The predicted molar refractivity (Wildman–Crippen MR) is 79.5 cm³/mol. The molecular weight excluding hydrogens is 386 g/mol. The molecule has 0 radical (unpaired) electrons. The lowest BCUT2D eigenvalue weighted by atomic mass is 10.2. The lowest BCUT2D eigenvalue weighted by molar-refractivity contribution is -0.146. The third-order valence-corrected chi connectivity index (χ3v) is 5.20. The van der Waals surface area contributed by atoms with E-state index in [1.165, 1.54) is 12.1 Å². The van der Waals surface area contributed by atoms with Gasteiger partial charge in [0.1, 0.15) is 10.8 Å². The summed E-state index contributed by atoms with van der Waals surface area (Å²) >= 11 is 0.785. The molecule has 0 bridgehead atoms. The van der Waals surface area contributed by atoms with Gasteiger partial charge in [0.2, 0.25) is 15.0 Å². The van der Waals surface area contributed by atoms with Crippen molar-refractivity contribution in [3.05, 3.63) is 46.5 Å². The third kappa shape index (κ3) is 4.11. The summed E-state index contributed by atoms with van der Waals surface area (Å²) < 4.78 is 77.7. The maximum Gasteiger partial charge on any atom is 0.453 e. The Balaban J connectivity index is 1.71. The van der Waals surface area contributed by atoms with Crippen LogP contribution >= 0.6 is 11.3 Å². The summed E-state index contributed by atoms with van der Waals surface area (Å²) in [6.45, 7) is -0.297. The lowest BCUT2D eigenvalue weighted by Crippen LogP contribution is -2.24. The molecule has 0 atom stereocenters. The highest BCUT2D eigenvalue weighted by Crippen LogP contribution is 2.28. The largest absolute Gasteiger partial charge is 0.453 e. The van der Waals surface area contributed by atoms with Crippen molar-refractivity contribution < 1.29 is 26.0 Å². The van der Waals surface area contributed by atoms with E-state index in [9.17, 15) is 26.0 Å². The molecule has 134 valence electrons. The number of rotatable bonds is 5. The Morgan fingerprint density at radius 3 is 2.48 bits per heavy atom. The van der Waals surface area contributed by atoms with Crippen molar-refractivity contribution >= 4 is 26.3 Å². The second-order valence-corrected chi connectivity index (χ2v) is 7.77. The first kappa shape index (κ1) is 17.7. The van der Waals surface area contributed by atoms with Crippen molar-refractivity contribution in [2.24, 2.45) is 0 Å². The highest BCUT2D eigenvalue weighted by atomic mass is 32.2. The molecule has 2 aromatic heterocycles. The predicted octanol–water partition coefficient (Wildman–Crippen LogP) is 1.96. The molecule has 0 saturated heterocycles. The van der Waals surface area contributed by atoms with E-state index in [0.717, 1.165) is 23.5 Å². The fourth-order valence-corrected chi connectivity index (χ4v) is 3.88. The molecule has 0 aliphatic carbocycles. The van der Waals surface area contributed by atoms with Crippen LogP contribution in [0, 0.1) is 5.82 Å². The van der Waals surface area contributed by atoms with Crippen LogP contribution in [0.25, 0.3) is 4.96 Å². The zero-order chi connectivity index (χ0) is 18.2. The standard InChI is InChI=1S/C12H9F4N5O2S2/c13-8-3-1-7(2-4-8)6-25(22,23)17-5-9-20-21-10(12(14,15)16)18-19-11(21)24-9/h1-4,17H,5-6H2. The summed E-state index contributed by atoms with van der Waals surface area (Å²) in [5.74, 6) is -2.17. The summed E-state index contributed by atoms with van der Waals surface area (Å²) in [6.07, 6.45) is -4.72. The molecule has 3 rings (SSSR count). The number of nitrogens with zero attached hydrogens (tertiary/aromatic N) is 4. The van der Waals surface area contributed by atoms with Gasteiger partial charge in [0.05, 0.1) is 12.3 Å². The highest BCUT2D eigenvalue weighted by Gasteiger charge is 2.38. The average molecular weight is 395 g/mol. The van der Waals surface area contributed by atoms with E-state index in [1.54, 1.807) is 0 Å². The number of alkyl halides is 3. The van der Waals surface area contributed by atoms with Gasteiger partial charge in [0.25, 0.3) is 5.82 Å². The zero-order valence-electron chi connectivity index (χ0n) is 12.2. The Morgan fingerprint density at radius 1 is 1.16 bits per heavy atom. The van der Waals surface area contributed by atoms with Crippen LogP contribution in [0.5, 0.6) is 0 Å². The number of hydrogen-bond donors (Lipinski definition) is 1. The molecule has 25 heavy (non-hydrogen) atoms. The zero-order valence-corrected chi connectivity index (χ0v) is 13.8. The lowest BCUT2D eigenvalue weighted by Gasteiger charge is -2.05. The van der Waals surface area contributed by atoms with E-state index in [2.05, 4.69) is 20.0 Å². The second-order valence-electron chi connectivity index (χ2n) is 4.92. The van der Waals surface area contributed by atoms with E-state index in [4.69, 9.17) is 0 Å². The number of sulfonamides is 1. The van der Waals surface area contributed by atoms with Crippen molar-refractivity contribution in [2.45, 2.75) is 18.5 Å². The first-order chi connectivity index (χ1) is 11.6. The Labute approximate surface area is 142 Å². The van der Waals surface area contributed by atoms with Gasteiger partial charge in [0, 0.05) is 0 Å². The van der Waals surface area contributed by atoms with Gasteiger partial charge in [-0.1, -0.05) is 23.5 Å². The van der Waals surface area contributed by atoms with Gasteiger partial charge < -0.3 is 0 Å². The van der Waals surface area contributed by atoms with Crippen LogP contribution in [0.15, 0.2) is 24.3 Å². The second kappa shape index (κ2) is 6.31. The number of aromatic nitrogens is 4. The summed E-state index contributed by atoms with van der Waals surface area (Å²) in [5, 5.41) is 10.1. The van der Waals surface area contributed by atoms with Gasteiger partial charge in [-0.2, -0.15) is 22.8 Å². The van der Waals surface area contributed by atoms with Gasteiger partial charge >= 0.3 is 6.18 Å². The SMILES string of the molecule is O=S(=O)(Cc1ccc(F)cc1)NCc1nn2c(C(F)(F)F)nnc2s1. The molecular formula is C12H9F4N5O2S2. The van der Waals surface area contributed by atoms with Crippen LogP contribution in [-0.4, -0.2) is 28.2 Å². The average Bonchev–Trinajstić information content (AvgIpc) is 3.06. The Bertz CT molecular complexity index is 995. The Kier molecular flexibility index (Phi) is 4.47. The van der Waals surface area contributed by atoms with Crippen LogP contribution in [0.4, 0.5) is 17.6 Å². The van der Waals surface area contributed by atoms with Crippen LogP contribution in [0.3, 0.4) is 0 Å². The quantitative estimate of drug-likeness (QED) is 0.667. The van der Waals surface area contributed by atoms with Crippen molar-refractivity contribution in [3.8, 4) is 0 Å². The van der Waals surface area contributed by atoms with E-state index >= 15 is 0 Å². The molecule has 0 spiro atoms. The first-order valence-electron chi connectivity index (χ1n) is 6.64. The third-order valence-electron chi connectivity index (χ3n) is 3.00. The van der Waals surface area contributed by atoms with Gasteiger partial charge in [-0.25, -0.2) is 17.5 Å². The number of benzene rings is 1. The molecule has 0 amide bonds. The van der Waals surface area contributed by atoms with Gasteiger partial charge in [-0.15, -0.1) is 10.2 Å². The smallest absolute Gasteiger partial charge is 0.212 e. The molecule has 13 heteroatoms. The minimum absolute atomic E-state index is 0.0954. The topological polar surface area (TPSA) is 89.2 Å². The minimum Gasteiger partial charge on any atom is -0.212 e. The minimum atomic E-state index is -4.72. The molecule has 7 nitrogen and oxygen atoms in total. The summed E-state index contributed by atoms with van der Waals surface area (Å²) in [4.78, 5) is -0.0972. The Morgan fingerprint density at radius 2 is 1.84 bits per heavy atom. The van der Waals surface area contributed by atoms with Crippen LogP contribution in [0.2, 0.25) is 0 Å². The highest BCUT2D eigenvalue weighted by molar-refractivity contribution is 7.88. The summed E-state index contributed by atoms with van der Waals surface area (Å²) in [5.41, 5.74) is 0.367. The molecule has 0 saturated carbocycles. The van der Waals surface area contributed by atoms with Gasteiger partial charge in [-0.3, -0.25) is 0 Å². The van der Waals surface area contributed by atoms with Crippen molar-refractivity contribution in [1.29, 1.82) is 0 Å². The molecule has 0 aliphatic rings. The molecule has 2 heterocycles. The normalized spacial score (nSPS) is 12.8. The van der Waals surface area contributed by atoms with Crippen LogP contribution < -0.4 is 4.72 Å². The van der Waals surface area contributed by atoms with Crippen molar-refractivity contribution in [3.63, 3.8) is 0 Å². The maximum atomic E-state index is 12.8. The molecule has 1 N–H and O–H groups in total. The van der Waals surface area contributed by atoms with Crippen LogP contribution in [0.1, 0.15) is 16.4 Å². The van der Waals surface area contributed by atoms with Crippen molar-refractivity contribution in [1.82, 2.24) is 24.5 Å². The number of hydrogen-bond acceptors (Lipinski definition) is 6. The van der Waals surface area contributed by atoms with E-state index < -0.39 is 33.6 Å². The summed E-state index contributed by atoms with van der Waals surface area (Å²) in [6, 6.07) is 4.92. The number of halogens is 4. The Hall–Kier alpha value is -2.12. The number of fused-ring (bicyclic) bond motifs is 1. The first-order valence-corrected chi connectivity index (χ1v) is 9.11. The number of nitrogens with one attached hydrogen (secondary N) is 1. The fourth-order valence-electron chi connectivity index (χ4n) is 1.93. The molecule has 3 aromatic rings. The van der Waals surface area contributed by atoms with Gasteiger partial charge in [0.15, 0.2) is 0 Å². The van der Waals surface area contributed by atoms with E-state index in [1.807, 2.05) is 0 Å².